The van der Waals surface area contributed by atoms with Gasteiger partial charge in [-0.15, -0.1) is 0 Å². The number of carbonyl (C=O) groups excluding carboxylic acids is 1. The van der Waals surface area contributed by atoms with Crippen LogP contribution in [0.5, 0.6) is 0 Å². The molecule has 0 amide bonds. The van der Waals surface area contributed by atoms with Gasteiger partial charge < -0.3 is 30.5 Å². The Hall–Kier alpha value is -13.9. The molecule has 676 valence electrons. The average molecular weight is 1740 g/mol. The zero-order valence-electron chi connectivity index (χ0n) is 79.5. The fourth-order valence-corrected chi connectivity index (χ4v) is 14.4. The predicted molar refractivity (Wildman–Crippen MR) is 552 cm³/mol. The maximum absolute atomic E-state index is 13.1. The van der Waals surface area contributed by atoms with E-state index in [1.54, 1.807) is 0 Å². The first-order chi connectivity index (χ1) is 64.0. The Bertz CT molecular complexity index is 6270. The summed E-state index contributed by atoms with van der Waals surface area (Å²) in [5.74, 6) is 3.88. The summed E-state index contributed by atoms with van der Waals surface area (Å²) >= 11 is 0. The molecule has 130 heavy (non-hydrogen) atoms. The first kappa shape index (κ1) is 103. The molecule has 0 radical (unpaired) electrons. The van der Waals surface area contributed by atoms with Gasteiger partial charge in [0.05, 0.1) is 61.9 Å². The van der Waals surface area contributed by atoms with E-state index in [0.29, 0.717) is 30.2 Å². The number of fused-ring (bicyclic) bond motifs is 10. The molecule has 0 unspecified atom stereocenters. The van der Waals surface area contributed by atoms with Crippen LogP contribution in [0, 0.1) is 17.0 Å². The maximum atomic E-state index is 13.1. The van der Waals surface area contributed by atoms with Crippen LogP contribution in [0.2, 0.25) is 0 Å². The first-order valence-electron chi connectivity index (χ1n) is 46.8. The molecule has 0 bridgehead atoms. The Morgan fingerprint density at radius 2 is 0.708 bits per heavy atom. The molecule has 0 aliphatic carbocycles. The van der Waals surface area contributed by atoms with Crippen molar-refractivity contribution < 1.29 is 9.72 Å². The molecule has 0 aliphatic heterocycles. The highest BCUT2D eigenvalue weighted by molar-refractivity contribution is 6.08. The van der Waals surface area contributed by atoms with Crippen molar-refractivity contribution in [3.63, 3.8) is 0 Å². The van der Waals surface area contributed by atoms with Crippen molar-refractivity contribution in [1.82, 2.24) is 48.6 Å². The van der Waals surface area contributed by atoms with Crippen LogP contribution in [0.3, 0.4) is 0 Å². The summed E-state index contributed by atoms with van der Waals surface area (Å²) in [6, 6.07) is 103. The first-order valence-corrected chi connectivity index (χ1v) is 46.8. The van der Waals surface area contributed by atoms with Crippen molar-refractivity contribution in [2.24, 2.45) is 5.73 Å². The number of rotatable bonds is 23. The number of nitrogen functional groups attached to an aromatic ring is 1. The van der Waals surface area contributed by atoms with Crippen LogP contribution in [-0.4, -0.2) is 59.3 Å². The number of nitrogens with zero attached hydrogens (tertiary/aromatic N) is 11. The van der Waals surface area contributed by atoms with E-state index in [0.717, 1.165) is 166 Å². The van der Waals surface area contributed by atoms with E-state index in [1.807, 2.05) is 277 Å². The number of Topliss-reactive ketones (excluding diaryl/α,β-unsaturated/α-hetero) is 1. The number of benzene rings is 11. The number of nitrogens with one attached hydrogen (secondary N) is 1. The van der Waals surface area contributed by atoms with Crippen molar-refractivity contribution in [1.29, 1.82) is 0 Å². The normalized spacial score (nSPS) is 10.2. The van der Waals surface area contributed by atoms with E-state index in [4.69, 9.17) is 31.4 Å². The lowest BCUT2D eigenvalue weighted by molar-refractivity contribution is -0.384. The number of ketones is 1. The minimum atomic E-state index is -0.410. The number of aryl methyl sites for hydroxylation is 4. The summed E-state index contributed by atoms with van der Waals surface area (Å²) in [5.41, 5.74) is 30.5. The summed E-state index contributed by atoms with van der Waals surface area (Å²) in [4.78, 5) is 56.9. The highest BCUT2D eigenvalue weighted by atomic mass is 16.6. The highest BCUT2D eigenvalue weighted by Gasteiger charge is 2.23. The van der Waals surface area contributed by atoms with Gasteiger partial charge in [-0.3, -0.25) is 19.9 Å². The van der Waals surface area contributed by atoms with Gasteiger partial charge in [0, 0.05) is 79.1 Å². The molecule has 0 saturated heterocycles. The van der Waals surface area contributed by atoms with Gasteiger partial charge in [0.2, 0.25) is 0 Å². The van der Waals surface area contributed by atoms with Crippen molar-refractivity contribution in [2.45, 2.75) is 208 Å². The Morgan fingerprint density at radius 1 is 0.369 bits per heavy atom. The average Bonchev–Trinajstić information content (AvgIpc) is 1.60. The third-order valence-electron chi connectivity index (χ3n) is 20.5. The number of hydrogen-bond acceptors (Lipinski definition) is 13. The van der Waals surface area contributed by atoms with Gasteiger partial charge >= 0.3 is 5.69 Å². The highest BCUT2D eigenvalue weighted by Crippen LogP contribution is 2.35. The van der Waals surface area contributed by atoms with Crippen LogP contribution in [0.15, 0.2) is 322 Å². The number of anilines is 2. The molecule has 7 heterocycles. The van der Waals surface area contributed by atoms with Gasteiger partial charge in [-0.2, -0.15) is 0 Å². The smallest absolute Gasteiger partial charge is 0.311 e. The number of pyridine rings is 4. The number of imidazole rings is 3. The van der Waals surface area contributed by atoms with Crippen molar-refractivity contribution in [3.05, 3.63) is 394 Å². The molecule has 17 heteroatoms. The van der Waals surface area contributed by atoms with Crippen LogP contribution in [-0.2, 0) is 58.4 Å². The number of carbonyl (C=O) groups is 1. The third-order valence-corrected chi connectivity index (χ3v) is 20.5. The van der Waals surface area contributed by atoms with E-state index in [-0.39, 0.29) is 17.9 Å². The molecule has 0 spiro atoms. The standard InChI is InChI=1S/C29H27N3O.C21H22N4.C21H21N3.C16H13N3O2.C7H9N.C7H8.6C2H6/c1-2-3-18-27-31-28-25(19-26(33)22-14-8-5-9-15-22)30-24-17-11-10-16-23(24)29(28)32(27)20-21-12-6-4-7-13-21;1-2-3-13-18-24-19-20(25(18)14-15-9-5-4-6-10-15)16-11-7-8-12-17(16)23-21(19)22;1-2-3-13-20-23-19-14-22-18-12-8-7-11-17(18)21(19)24(20)15-16-9-5-4-6-10-16;20-19(21)15-11-17-14-9-5-4-8-13(14)16(15)18-10-12-6-2-1-3-7-12;8-6-7-4-2-1-3-5-7;1-7-5-3-2-4-6-7;6*1-2/h4-17H,2-3,18-20H2,1H3;4-12H,2-3,13-14H2,1H3,(H2,22,23);4-12,14H,2-3,13,15H2,1H3;1-9,11H,10H2,(H,17,18);1-5H,6,8H2;2-6H,1H3;6*1-2H3. The summed E-state index contributed by atoms with van der Waals surface area (Å²) < 4.78 is 7.03. The molecule has 0 atom stereocenters. The number of para-hydroxylation sites is 4. The molecule has 18 rings (SSSR count). The molecule has 5 N–H and O–H groups in total. The summed E-state index contributed by atoms with van der Waals surface area (Å²) in [7, 11) is 0. The molecule has 7 aromatic heterocycles. The molecule has 0 fully saturated rings. The van der Waals surface area contributed by atoms with Crippen LogP contribution in [0.1, 0.15) is 209 Å². The van der Waals surface area contributed by atoms with E-state index in [9.17, 15) is 14.9 Å². The minimum absolute atomic E-state index is 0.00960. The van der Waals surface area contributed by atoms with Crippen LogP contribution in [0.4, 0.5) is 17.2 Å². The summed E-state index contributed by atoms with van der Waals surface area (Å²) in [5, 5.41) is 18.5. The quantitative estimate of drug-likeness (QED) is 0.0308. The molecule has 0 aliphatic rings. The van der Waals surface area contributed by atoms with Gasteiger partial charge in [-0.05, 0) is 78.3 Å². The zero-order valence-corrected chi connectivity index (χ0v) is 79.5. The van der Waals surface area contributed by atoms with E-state index in [1.165, 1.54) is 51.3 Å². The number of nitrogens with two attached hydrogens (primary N) is 2. The Morgan fingerprint density at radius 3 is 1.12 bits per heavy atom. The van der Waals surface area contributed by atoms with Crippen LogP contribution >= 0.6 is 0 Å². The number of hydrogen-bond donors (Lipinski definition) is 3. The molecule has 17 nitrogen and oxygen atoms in total. The summed E-state index contributed by atoms with van der Waals surface area (Å²) in [6.45, 7) is 36.3. The predicted octanol–water partition coefficient (Wildman–Crippen LogP) is 29.0. The van der Waals surface area contributed by atoms with Crippen LogP contribution in [0.25, 0.3) is 76.7 Å². The second-order valence-corrected chi connectivity index (χ2v) is 29.0. The Labute approximate surface area is 771 Å². The van der Waals surface area contributed by atoms with Gasteiger partial charge in [0.15, 0.2) is 11.6 Å². The fraction of sp³-hybridized carbons (Fsp3) is 0.274. The fourth-order valence-electron chi connectivity index (χ4n) is 14.4. The number of unbranched alkanes of at least 4 members (excludes halogenated alkanes) is 3. The minimum Gasteiger partial charge on any atom is -0.382 e. The maximum Gasteiger partial charge on any atom is 0.311 e. The van der Waals surface area contributed by atoms with Gasteiger partial charge in [-0.1, -0.05) is 414 Å². The molecular weight excluding hydrogens is 1600 g/mol. The second kappa shape index (κ2) is 57.7. The van der Waals surface area contributed by atoms with E-state index < -0.39 is 4.92 Å². The SMILES string of the molecule is CC.CC.CC.CC.CC.CC.CCCCc1nc2c(CC(=O)c3ccccc3)nc3ccccc3c2n1Cc1ccccc1.CCCCc1nc2c(N)nc3ccccc3c2n1Cc1ccccc1.CCCCc1nc2cnc3ccccc3c2n1Cc1ccccc1.Cc1ccccc1.NCc1ccccc1.O=[N+]([O-])c1cnc2ccccc2c1NCc1ccccc1. The lowest BCUT2D eigenvalue weighted by atomic mass is 10.0. The van der Waals surface area contributed by atoms with E-state index in [2.05, 4.69) is 183 Å². The number of nitro groups is 1. The topological polar surface area (TPSA) is 229 Å². The molecular formula is C113H136N14O3. The Balaban J connectivity index is 0.000000218. The van der Waals surface area contributed by atoms with Crippen LogP contribution < -0.4 is 16.8 Å². The largest absolute Gasteiger partial charge is 0.382 e. The third kappa shape index (κ3) is 29.3. The van der Waals surface area contributed by atoms with Crippen molar-refractivity contribution in [2.75, 3.05) is 11.1 Å². The van der Waals surface area contributed by atoms with E-state index >= 15 is 0 Å². The monoisotopic (exact) mass is 1740 g/mol. The van der Waals surface area contributed by atoms with Crippen molar-refractivity contribution in [3.8, 4) is 0 Å². The van der Waals surface area contributed by atoms with Gasteiger partial charge in [0.1, 0.15) is 45.9 Å². The molecule has 0 saturated carbocycles. The molecule has 11 aromatic carbocycles. The zero-order chi connectivity index (χ0) is 93.8. The van der Waals surface area contributed by atoms with Gasteiger partial charge in [0.25, 0.3) is 0 Å². The lowest BCUT2D eigenvalue weighted by Gasteiger charge is -2.12. The van der Waals surface area contributed by atoms with Crippen molar-refractivity contribution >= 4 is 99.7 Å². The molecule has 18 aromatic rings. The van der Waals surface area contributed by atoms with Gasteiger partial charge in [-0.25, -0.2) is 29.9 Å². The Kier molecular flexibility index (Phi) is 45.8. The summed E-state index contributed by atoms with van der Waals surface area (Å²) in [6.07, 6.45) is 13.1. The lowest BCUT2D eigenvalue weighted by Crippen LogP contribution is -2.07. The number of aromatic nitrogens is 10. The second-order valence-electron chi connectivity index (χ2n) is 29.0.